The van der Waals surface area contributed by atoms with E-state index in [1.54, 1.807) is 0 Å². The van der Waals surface area contributed by atoms with Gasteiger partial charge in [-0.2, -0.15) is 0 Å². The number of nitrogens with zero attached hydrogens (tertiary/aromatic N) is 1. The summed E-state index contributed by atoms with van der Waals surface area (Å²) in [5, 5.41) is 3.05. The van der Waals surface area contributed by atoms with E-state index in [1.807, 2.05) is 4.90 Å². The smallest absolute Gasteiger partial charge is 0.224 e. The maximum absolute atomic E-state index is 12.4. The Balaban J connectivity index is 1.83. The van der Waals surface area contributed by atoms with Crippen molar-refractivity contribution < 1.29 is 9.59 Å². The number of fused-ring (bicyclic) bond motifs is 1. The number of amides is 2. The first-order valence-electron chi connectivity index (χ1n) is 8.07. The van der Waals surface area contributed by atoms with Gasteiger partial charge < -0.3 is 16.0 Å². The van der Waals surface area contributed by atoms with Crippen LogP contribution < -0.4 is 11.1 Å². The highest BCUT2D eigenvalue weighted by Gasteiger charge is 2.35. The maximum Gasteiger partial charge on any atom is 0.224 e. The molecule has 2 rings (SSSR count). The van der Waals surface area contributed by atoms with Crippen LogP contribution in [0.1, 0.15) is 52.9 Å². The number of likely N-dealkylation sites (tertiary alicyclic amines) is 1. The van der Waals surface area contributed by atoms with Gasteiger partial charge in [0, 0.05) is 38.0 Å². The van der Waals surface area contributed by atoms with Gasteiger partial charge in [-0.15, -0.1) is 0 Å². The van der Waals surface area contributed by atoms with Crippen LogP contribution in [0.4, 0.5) is 0 Å². The molecule has 3 unspecified atom stereocenters. The van der Waals surface area contributed by atoms with Gasteiger partial charge in [0.15, 0.2) is 0 Å². The number of nitrogens with one attached hydrogen (secondary N) is 1. The molecule has 0 radical (unpaired) electrons. The summed E-state index contributed by atoms with van der Waals surface area (Å²) in [7, 11) is 0. The average Bonchev–Trinajstić information content (AvgIpc) is 2.35. The molecule has 120 valence electrons. The minimum atomic E-state index is -0.0683. The zero-order valence-corrected chi connectivity index (χ0v) is 13.5. The van der Waals surface area contributed by atoms with E-state index in [0.717, 1.165) is 32.4 Å². The van der Waals surface area contributed by atoms with Crippen LogP contribution in [0.2, 0.25) is 0 Å². The largest absolute Gasteiger partial charge is 0.353 e. The molecule has 2 aliphatic heterocycles. The molecule has 2 saturated heterocycles. The summed E-state index contributed by atoms with van der Waals surface area (Å²) in [4.78, 5) is 25.7. The number of hydrogen-bond acceptors (Lipinski definition) is 3. The van der Waals surface area contributed by atoms with Gasteiger partial charge in [0.2, 0.25) is 11.8 Å². The van der Waals surface area contributed by atoms with E-state index in [0.29, 0.717) is 18.8 Å². The van der Waals surface area contributed by atoms with Crippen molar-refractivity contribution in [3.8, 4) is 0 Å². The zero-order chi connectivity index (χ0) is 15.6. The van der Waals surface area contributed by atoms with Crippen molar-refractivity contribution in [2.75, 3.05) is 13.1 Å². The molecular formula is C16H29N3O2. The quantitative estimate of drug-likeness (QED) is 0.823. The van der Waals surface area contributed by atoms with Crippen LogP contribution in [-0.2, 0) is 9.59 Å². The van der Waals surface area contributed by atoms with E-state index in [1.165, 1.54) is 0 Å². The first-order chi connectivity index (χ1) is 9.74. The first kappa shape index (κ1) is 16.3. The highest BCUT2D eigenvalue weighted by atomic mass is 16.2. The second-order valence-corrected chi connectivity index (χ2v) is 7.83. The summed E-state index contributed by atoms with van der Waals surface area (Å²) in [5.41, 5.74) is 6.27. The fraction of sp³-hybridized carbons (Fsp3) is 0.875. The predicted molar refractivity (Wildman–Crippen MR) is 82.5 cm³/mol. The lowest BCUT2D eigenvalue weighted by Gasteiger charge is -2.41. The molecular weight excluding hydrogens is 266 g/mol. The van der Waals surface area contributed by atoms with Gasteiger partial charge in [-0.1, -0.05) is 20.8 Å². The van der Waals surface area contributed by atoms with E-state index in [-0.39, 0.29) is 29.3 Å². The van der Waals surface area contributed by atoms with Crippen LogP contribution in [0.15, 0.2) is 0 Å². The highest BCUT2D eigenvalue weighted by Crippen LogP contribution is 2.26. The fourth-order valence-electron chi connectivity index (χ4n) is 3.55. The van der Waals surface area contributed by atoms with Crippen molar-refractivity contribution in [3.05, 3.63) is 0 Å². The molecule has 0 aromatic heterocycles. The molecule has 0 aromatic carbocycles. The normalized spacial score (nSPS) is 27.8. The standard InChI is InChI=1S/C16H29N3O2/c1-16(2,3)9-12(17)8-15(21)19-7-6-13-11(10-19)4-5-14(20)18-13/h11-13H,4-10,17H2,1-3H3,(H,18,20). The van der Waals surface area contributed by atoms with E-state index in [2.05, 4.69) is 26.1 Å². The van der Waals surface area contributed by atoms with Gasteiger partial charge in [0.05, 0.1) is 0 Å². The van der Waals surface area contributed by atoms with Crippen LogP contribution in [-0.4, -0.2) is 41.9 Å². The number of carbonyl (C=O) groups is 2. The van der Waals surface area contributed by atoms with Crippen molar-refractivity contribution in [1.82, 2.24) is 10.2 Å². The molecule has 0 bridgehead atoms. The lowest BCUT2D eigenvalue weighted by atomic mass is 9.84. The Morgan fingerprint density at radius 1 is 1.43 bits per heavy atom. The molecule has 0 spiro atoms. The maximum atomic E-state index is 12.4. The number of carbonyl (C=O) groups excluding carboxylic acids is 2. The van der Waals surface area contributed by atoms with Crippen LogP contribution in [0, 0.1) is 11.3 Å². The van der Waals surface area contributed by atoms with Crippen LogP contribution >= 0.6 is 0 Å². The van der Waals surface area contributed by atoms with Gasteiger partial charge in [-0.25, -0.2) is 0 Å². The summed E-state index contributed by atoms with van der Waals surface area (Å²) in [6, 6.07) is 0.194. The van der Waals surface area contributed by atoms with Crippen molar-refractivity contribution >= 4 is 11.8 Å². The SMILES string of the molecule is CC(C)(C)CC(N)CC(=O)N1CCC2NC(=O)CCC2C1. The van der Waals surface area contributed by atoms with E-state index < -0.39 is 0 Å². The molecule has 0 aliphatic carbocycles. The van der Waals surface area contributed by atoms with Gasteiger partial charge >= 0.3 is 0 Å². The summed E-state index contributed by atoms with van der Waals surface area (Å²) in [6.07, 6.45) is 3.65. The minimum Gasteiger partial charge on any atom is -0.353 e. The second-order valence-electron chi connectivity index (χ2n) is 7.83. The fourth-order valence-corrected chi connectivity index (χ4v) is 3.55. The third-order valence-electron chi connectivity index (χ3n) is 4.49. The topological polar surface area (TPSA) is 75.4 Å². The molecule has 21 heavy (non-hydrogen) atoms. The third-order valence-corrected chi connectivity index (χ3v) is 4.49. The minimum absolute atomic E-state index is 0.0683. The van der Waals surface area contributed by atoms with E-state index in [9.17, 15) is 9.59 Å². The number of piperidine rings is 2. The van der Waals surface area contributed by atoms with Crippen molar-refractivity contribution in [3.63, 3.8) is 0 Å². The van der Waals surface area contributed by atoms with Gasteiger partial charge in [-0.05, 0) is 30.6 Å². The Hall–Kier alpha value is -1.10. The summed E-state index contributed by atoms with van der Waals surface area (Å²) in [5.74, 6) is 0.740. The Labute approximate surface area is 127 Å². The van der Waals surface area contributed by atoms with E-state index >= 15 is 0 Å². The zero-order valence-electron chi connectivity index (χ0n) is 13.5. The van der Waals surface area contributed by atoms with Crippen LogP contribution in [0.3, 0.4) is 0 Å². The van der Waals surface area contributed by atoms with E-state index in [4.69, 9.17) is 5.73 Å². The Morgan fingerprint density at radius 3 is 2.81 bits per heavy atom. The summed E-state index contributed by atoms with van der Waals surface area (Å²) >= 11 is 0. The molecule has 2 heterocycles. The molecule has 0 saturated carbocycles. The number of rotatable bonds is 3. The molecule has 0 aromatic rings. The second kappa shape index (κ2) is 6.34. The van der Waals surface area contributed by atoms with Crippen molar-refractivity contribution in [1.29, 1.82) is 0 Å². The molecule has 5 nitrogen and oxygen atoms in total. The third kappa shape index (κ3) is 4.70. The molecule has 3 N–H and O–H groups in total. The number of nitrogens with two attached hydrogens (primary N) is 1. The van der Waals surface area contributed by atoms with Gasteiger partial charge in [0.25, 0.3) is 0 Å². The first-order valence-corrected chi connectivity index (χ1v) is 8.07. The Bertz CT molecular complexity index is 403. The number of hydrogen-bond donors (Lipinski definition) is 2. The lowest BCUT2D eigenvalue weighted by molar-refractivity contribution is -0.135. The molecule has 2 aliphatic rings. The molecule has 5 heteroatoms. The predicted octanol–water partition coefficient (Wildman–Crippen LogP) is 1.27. The monoisotopic (exact) mass is 295 g/mol. The summed E-state index contributed by atoms with van der Waals surface area (Å²) in [6.45, 7) is 7.95. The lowest BCUT2D eigenvalue weighted by Crippen LogP contribution is -2.55. The molecule has 2 fully saturated rings. The molecule has 3 atom stereocenters. The van der Waals surface area contributed by atoms with Crippen molar-refractivity contribution in [2.45, 2.75) is 65.0 Å². The molecule has 2 amide bonds. The van der Waals surface area contributed by atoms with Crippen LogP contribution in [0.5, 0.6) is 0 Å². The highest BCUT2D eigenvalue weighted by molar-refractivity contribution is 5.78. The van der Waals surface area contributed by atoms with Crippen LogP contribution in [0.25, 0.3) is 0 Å². The Morgan fingerprint density at radius 2 is 2.14 bits per heavy atom. The summed E-state index contributed by atoms with van der Waals surface area (Å²) < 4.78 is 0. The van der Waals surface area contributed by atoms with Gasteiger partial charge in [0.1, 0.15) is 0 Å². The van der Waals surface area contributed by atoms with Crippen molar-refractivity contribution in [2.24, 2.45) is 17.1 Å². The average molecular weight is 295 g/mol. The van der Waals surface area contributed by atoms with Gasteiger partial charge in [-0.3, -0.25) is 9.59 Å². The Kier molecular flexibility index (Phi) is 4.91.